The number of nitrogens with zero attached hydrogens (tertiary/aromatic N) is 2. The van der Waals surface area contributed by atoms with Gasteiger partial charge in [-0.2, -0.15) is 5.26 Å². The van der Waals surface area contributed by atoms with Gasteiger partial charge in [0.05, 0.1) is 30.6 Å². The molecule has 90 valence electrons. The van der Waals surface area contributed by atoms with Crippen molar-refractivity contribution in [3.8, 4) is 6.07 Å². The maximum atomic E-state index is 13.3. The molecule has 0 spiro atoms. The first-order chi connectivity index (χ1) is 8.11. The Kier molecular flexibility index (Phi) is 3.11. The Bertz CT molecular complexity index is 473. The highest BCUT2D eigenvalue weighted by molar-refractivity contribution is 5.68. The Morgan fingerprint density at radius 3 is 2.94 bits per heavy atom. The van der Waals surface area contributed by atoms with E-state index in [1.807, 2.05) is 6.07 Å². The van der Waals surface area contributed by atoms with E-state index in [4.69, 9.17) is 15.7 Å². The third-order valence-electron chi connectivity index (χ3n) is 2.62. The Balaban J connectivity index is 2.31. The van der Waals surface area contributed by atoms with Gasteiger partial charge in [-0.1, -0.05) is 0 Å². The summed E-state index contributed by atoms with van der Waals surface area (Å²) in [5, 5.41) is 8.75. The second-order valence-electron chi connectivity index (χ2n) is 3.75. The number of morpholine rings is 1. The first kappa shape index (κ1) is 11.6. The smallest absolute Gasteiger partial charge is 0.161 e. The minimum atomic E-state index is -0.792. The third-order valence-corrected chi connectivity index (χ3v) is 2.62. The van der Waals surface area contributed by atoms with Crippen molar-refractivity contribution in [2.75, 3.05) is 30.3 Å². The molecule has 0 amide bonds. The SMILES string of the molecule is N#CC1CN(c2cc(F)cc(F)c2N)CCO1. The summed E-state index contributed by atoms with van der Waals surface area (Å²) in [6, 6.07) is 3.86. The quantitative estimate of drug-likeness (QED) is 0.750. The number of nitriles is 1. The van der Waals surface area contributed by atoms with Crippen LogP contribution >= 0.6 is 0 Å². The average molecular weight is 239 g/mol. The summed E-state index contributed by atoms with van der Waals surface area (Å²) in [5.41, 5.74) is 5.73. The van der Waals surface area contributed by atoms with Crippen LogP contribution in [-0.2, 0) is 4.74 Å². The molecule has 1 aliphatic heterocycles. The van der Waals surface area contributed by atoms with Crippen LogP contribution in [0.4, 0.5) is 20.2 Å². The van der Waals surface area contributed by atoms with Crippen LogP contribution < -0.4 is 10.6 Å². The van der Waals surface area contributed by atoms with Gasteiger partial charge in [-0.25, -0.2) is 8.78 Å². The van der Waals surface area contributed by atoms with E-state index in [9.17, 15) is 8.78 Å². The van der Waals surface area contributed by atoms with Crippen molar-refractivity contribution in [2.24, 2.45) is 0 Å². The van der Waals surface area contributed by atoms with Crippen molar-refractivity contribution < 1.29 is 13.5 Å². The molecular formula is C11H11F2N3O. The van der Waals surface area contributed by atoms with Gasteiger partial charge in [0, 0.05) is 12.6 Å². The van der Waals surface area contributed by atoms with E-state index < -0.39 is 17.7 Å². The largest absolute Gasteiger partial charge is 0.395 e. The predicted octanol–water partition coefficient (Wildman–Crippen LogP) is 1.28. The van der Waals surface area contributed by atoms with Crippen molar-refractivity contribution >= 4 is 11.4 Å². The van der Waals surface area contributed by atoms with Gasteiger partial charge < -0.3 is 15.4 Å². The highest BCUT2D eigenvalue weighted by atomic mass is 19.1. The lowest BCUT2D eigenvalue weighted by Crippen LogP contribution is -2.42. The molecule has 6 heteroatoms. The lowest BCUT2D eigenvalue weighted by molar-refractivity contribution is 0.0764. The normalized spacial score (nSPS) is 20.1. The Morgan fingerprint density at radius 1 is 1.47 bits per heavy atom. The van der Waals surface area contributed by atoms with Gasteiger partial charge in [-0.15, -0.1) is 0 Å². The van der Waals surface area contributed by atoms with Crippen LogP contribution in [0, 0.1) is 23.0 Å². The molecule has 1 atom stereocenters. The highest BCUT2D eigenvalue weighted by Crippen LogP contribution is 2.28. The van der Waals surface area contributed by atoms with E-state index in [1.54, 1.807) is 4.90 Å². The van der Waals surface area contributed by atoms with Crippen LogP contribution in [0.3, 0.4) is 0 Å². The van der Waals surface area contributed by atoms with Crippen molar-refractivity contribution in [2.45, 2.75) is 6.10 Å². The molecule has 1 aliphatic rings. The first-order valence-electron chi connectivity index (χ1n) is 5.12. The predicted molar refractivity (Wildman–Crippen MR) is 58.3 cm³/mol. The van der Waals surface area contributed by atoms with Crippen LogP contribution in [-0.4, -0.2) is 25.8 Å². The van der Waals surface area contributed by atoms with E-state index in [0.717, 1.165) is 12.1 Å². The van der Waals surface area contributed by atoms with Crippen LogP contribution in [0.2, 0.25) is 0 Å². The molecule has 2 N–H and O–H groups in total. The minimum Gasteiger partial charge on any atom is -0.395 e. The Hall–Kier alpha value is -1.87. The summed E-state index contributed by atoms with van der Waals surface area (Å²) in [6.07, 6.45) is -0.602. The van der Waals surface area contributed by atoms with Crippen LogP contribution in [0.5, 0.6) is 0 Å². The number of nitrogen functional groups attached to an aromatic ring is 1. The number of hydrogen-bond donors (Lipinski definition) is 1. The number of hydrogen-bond acceptors (Lipinski definition) is 4. The molecule has 4 nitrogen and oxygen atoms in total. The number of rotatable bonds is 1. The van der Waals surface area contributed by atoms with Gasteiger partial charge >= 0.3 is 0 Å². The van der Waals surface area contributed by atoms with Crippen molar-refractivity contribution in [1.82, 2.24) is 0 Å². The van der Waals surface area contributed by atoms with E-state index in [-0.39, 0.29) is 17.9 Å². The maximum absolute atomic E-state index is 13.3. The highest BCUT2D eigenvalue weighted by Gasteiger charge is 2.23. The van der Waals surface area contributed by atoms with Gasteiger partial charge in [0.1, 0.15) is 5.82 Å². The zero-order valence-corrected chi connectivity index (χ0v) is 8.99. The van der Waals surface area contributed by atoms with Crippen LogP contribution in [0.15, 0.2) is 12.1 Å². The summed E-state index contributed by atoms with van der Waals surface area (Å²) in [5.74, 6) is -1.48. The average Bonchev–Trinajstić information content (AvgIpc) is 2.34. The molecular weight excluding hydrogens is 228 g/mol. The van der Waals surface area contributed by atoms with E-state index in [2.05, 4.69) is 0 Å². The lowest BCUT2D eigenvalue weighted by Gasteiger charge is -2.32. The number of nitrogens with two attached hydrogens (primary N) is 1. The second-order valence-corrected chi connectivity index (χ2v) is 3.75. The van der Waals surface area contributed by atoms with Gasteiger partial charge in [0.25, 0.3) is 0 Å². The topological polar surface area (TPSA) is 62.3 Å². The van der Waals surface area contributed by atoms with Gasteiger partial charge in [-0.05, 0) is 6.07 Å². The van der Waals surface area contributed by atoms with Gasteiger partial charge in [0.2, 0.25) is 0 Å². The molecule has 1 saturated heterocycles. The summed E-state index contributed by atoms with van der Waals surface area (Å²) in [6.45, 7) is 1.03. The number of benzene rings is 1. The molecule has 0 bridgehead atoms. The summed E-state index contributed by atoms with van der Waals surface area (Å²) >= 11 is 0. The lowest BCUT2D eigenvalue weighted by atomic mass is 10.2. The fourth-order valence-electron chi connectivity index (χ4n) is 1.78. The van der Waals surface area contributed by atoms with E-state index >= 15 is 0 Å². The molecule has 1 aromatic carbocycles. The molecule has 1 aromatic rings. The second kappa shape index (κ2) is 4.55. The summed E-state index contributed by atoms with van der Waals surface area (Å²) in [7, 11) is 0. The molecule has 1 unspecified atom stereocenters. The van der Waals surface area contributed by atoms with E-state index in [1.165, 1.54) is 0 Å². The van der Waals surface area contributed by atoms with Crippen LogP contribution in [0.1, 0.15) is 0 Å². The van der Waals surface area contributed by atoms with Crippen molar-refractivity contribution in [3.63, 3.8) is 0 Å². The molecule has 0 saturated carbocycles. The maximum Gasteiger partial charge on any atom is 0.161 e. The number of halogens is 2. The van der Waals surface area contributed by atoms with Gasteiger partial charge in [0.15, 0.2) is 11.9 Å². The summed E-state index contributed by atoms with van der Waals surface area (Å²) < 4.78 is 31.6. The molecule has 0 aromatic heterocycles. The molecule has 1 heterocycles. The monoisotopic (exact) mass is 239 g/mol. The molecule has 17 heavy (non-hydrogen) atoms. The molecule has 0 radical (unpaired) electrons. The fourth-order valence-corrected chi connectivity index (χ4v) is 1.78. The number of anilines is 2. The van der Waals surface area contributed by atoms with Gasteiger partial charge in [-0.3, -0.25) is 0 Å². The van der Waals surface area contributed by atoms with E-state index in [0.29, 0.717) is 13.2 Å². The summed E-state index contributed by atoms with van der Waals surface area (Å²) in [4.78, 5) is 1.65. The Labute approximate surface area is 97.2 Å². The number of ether oxygens (including phenoxy) is 1. The van der Waals surface area contributed by atoms with Crippen LogP contribution in [0.25, 0.3) is 0 Å². The van der Waals surface area contributed by atoms with Crippen molar-refractivity contribution in [3.05, 3.63) is 23.8 Å². The molecule has 2 rings (SSSR count). The molecule has 0 aliphatic carbocycles. The zero-order chi connectivity index (χ0) is 12.4. The zero-order valence-electron chi connectivity index (χ0n) is 8.99. The Morgan fingerprint density at radius 2 is 2.24 bits per heavy atom. The standard InChI is InChI=1S/C11H11F2N3O/c12-7-3-9(13)11(15)10(4-7)16-1-2-17-8(5-14)6-16/h3-4,8H,1-2,6,15H2. The van der Waals surface area contributed by atoms with Crippen molar-refractivity contribution in [1.29, 1.82) is 5.26 Å². The minimum absolute atomic E-state index is 0.106. The molecule has 1 fully saturated rings. The third kappa shape index (κ3) is 2.29. The fraction of sp³-hybridized carbons (Fsp3) is 0.364. The first-order valence-corrected chi connectivity index (χ1v) is 5.12.